The van der Waals surface area contributed by atoms with Gasteiger partial charge < -0.3 is 28.6 Å². The predicted octanol–water partition coefficient (Wildman–Crippen LogP) is 3.23. The van der Waals surface area contributed by atoms with Gasteiger partial charge >= 0.3 is 0 Å². The van der Waals surface area contributed by atoms with Crippen molar-refractivity contribution in [3.05, 3.63) is 82.4 Å². The van der Waals surface area contributed by atoms with Gasteiger partial charge in [-0.2, -0.15) is 4.31 Å². The summed E-state index contributed by atoms with van der Waals surface area (Å²) in [6.45, 7) is 0.566. The lowest BCUT2D eigenvalue weighted by molar-refractivity contribution is -0.153. The highest BCUT2D eigenvalue weighted by Gasteiger charge is 2.33. The monoisotopic (exact) mass is 612 g/mol. The number of allylic oxidation sites excluding steroid dienone is 1. The number of carbonyl (C=O) groups excluding carboxylic acids is 1. The maximum absolute atomic E-state index is 13.4. The number of para-hydroxylation sites is 1. The van der Waals surface area contributed by atoms with E-state index < -0.39 is 22.2 Å². The fraction of sp³-hybridized carbons (Fsp3) is 0.419. The molecule has 1 fully saturated rings. The number of nitrogens with zero attached hydrogens (tertiary/aromatic N) is 2. The zero-order chi connectivity index (χ0) is 30.4. The average Bonchev–Trinajstić information content (AvgIpc) is 3.04. The molecule has 0 radical (unpaired) electrons. The Morgan fingerprint density at radius 2 is 1.81 bits per heavy atom. The Hall–Kier alpha value is -3.71. The summed E-state index contributed by atoms with van der Waals surface area (Å²) in [7, 11) is -2.45. The van der Waals surface area contributed by atoms with Crippen molar-refractivity contribution < 1.29 is 36.9 Å². The van der Waals surface area contributed by atoms with Gasteiger partial charge in [0.25, 0.3) is 5.91 Å². The summed E-state index contributed by atoms with van der Waals surface area (Å²) in [4.78, 5) is 28.6. The van der Waals surface area contributed by atoms with Crippen molar-refractivity contribution in [2.75, 3.05) is 46.5 Å². The highest BCUT2D eigenvalue weighted by atomic mass is 32.2. The molecule has 2 aromatic carbocycles. The first-order valence-corrected chi connectivity index (χ1v) is 15.8. The molecule has 43 heavy (non-hydrogen) atoms. The van der Waals surface area contributed by atoms with Crippen LogP contribution in [0.2, 0.25) is 0 Å². The summed E-state index contributed by atoms with van der Waals surface area (Å²) < 4.78 is 50.6. The highest BCUT2D eigenvalue weighted by molar-refractivity contribution is 7.89. The molecule has 0 aliphatic carbocycles. The Morgan fingerprint density at radius 3 is 2.53 bits per heavy atom. The number of aliphatic hydroxyl groups excluding tert-OH is 1. The van der Waals surface area contributed by atoms with E-state index in [4.69, 9.17) is 18.6 Å². The largest absolute Gasteiger partial charge is 0.497 e. The highest BCUT2D eigenvalue weighted by Crippen LogP contribution is 2.32. The van der Waals surface area contributed by atoms with Crippen molar-refractivity contribution in [2.45, 2.75) is 42.8 Å². The number of carbonyl (C=O) groups is 1. The summed E-state index contributed by atoms with van der Waals surface area (Å²) in [5, 5.41) is 10.0. The molecule has 5 rings (SSSR count). The standard InChI is InChI=1S/C31H36N2O9S/c1-39-23-9-11-24(12-10-23)43(37,38)33(15-17-34)16-18-40-29-20-22(19-28(42-29)31(36)32-13-5-2-6-14-32)26-21-41-27-8-4-3-7-25(27)30(26)35/h3-4,7-12,19,21-22,29,34H,2,5-6,13-18,20H2,1H3/t22-,29+/m1/s1. The number of likely N-dealkylation sites (tertiary alicyclic amines) is 1. The zero-order valence-corrected chi connectivity index (χ0v) is 24.8. The van der Waals surface area contributed by atoms with Crippen LogP contribution < -0.4 is 10.2 Å². The molecule has 2 aliphatic heterocycles. The first kappa shape index (κ1) is 30.7. The van der Waals surface area contributed by atoms with E-state index in [1.165, 1.54) is 25.5 Å². The summed E-state index contributed by atoms with van der Waals surface area (Å²) in [5.41, 5.74) is 0.642. The number of amides is 1. The van der Waals surface area contributed by atoms with Gasteiger partial charge in [0.2, 0.25) is 16.3 Å². The molecular weight excluding hydrogens is 576 g/mol. The molecule has 11 nitrogen and oxygen atoms in total. The predicted molar refractivity (Wildman–Crippen MR) is 158 cm³/mol. The maximum atomic E-state index is 13.4. The minimum absolute atomic E-state index is 0.0520. The van der Waals surface area contributed by atoms with Crippen molar-refractivity contribution in [3.8, 4) is 5.75 Å². The third-order valence-corrected chi connectivity index (χ3v) is 9.62. The first-order valence-electron chi connectivity index (χ1n) is 14.4. The number of hydrogen-bond acceptors (Lipinski definition) is 9. The normalized spacial score (nSPS) is 19.2. The van der Waals surface area contributed by atoms with Crippen LogP contribution in [-0.2, 0) is 24.3 Å². The number of fused-ring (bicyclic) bond motifs is 1. The van der Waals surface area contributed by atoms with Crippen LogP contribution in [0.3, 0.4) is 0 Å². The summed E-state index contributed by atoms with van der Waals surface area (Å²) >= 11 is 0. The molecule has 1 aromatic heterocycles. The smallest absolute Gasteiger partial charge is 0.288 e. The van der Waals surface area contributed by atoms with Crippen LogP contribution in [-0.4, -0.2) is 81.4 Å². The van der Waals surface area contributed by atoms with Gasteiger partial charge in [0, 0.05) is 44.1 Å². The lowest BCUT2D eigenvalue weighted by Crippen LogP contribution is -2.40. The van der Waals surface area contributed by atoms with Crippen LogP contribution in [0.1, 0.15) is 37.2 Å². The number of aliphatic hydroxyl groups is 1. The fourth-order valence-corrected chi connectivity index (χ4v) is 6.79. The second kappa shape index (κ2) is 13.7. The molecule has 230 valence electrons. The van der Waals surface area contributed by atoms with Crippen LogP contribution >= 0.6 is 0 Å². The molecule has 12 heteroatoms. The second-order valence-electron chi connectivity index (χ2n) is 10.5. The van der Waals surface area contributed by atoms with Gasteiger partial charge in [-0.05, 0) is 61.7 Å². The van der Waals surface area contributed by atoms with Crippen LogP contribution in [0.4, 0.5) is 0 Å². The second-order valence-corrected chi connectivity index (χ2v) is 12.4. The van der Waals surface area contributed by atoms with Crippen molar-refractivity contribution in [2.24, 2.45) is 0 Å². The molecule has 2 aliphatic rings. The number of benzene rings is 2. The fourth-order valence-electron chi connectivity index (χ4n) is 5.38. The van der Waals surface area contributed by atoms with E-state index in [0.717, 1.165) is 23.6 Å². The van der Waals surface area contributed by atoms with E-state index in [2.05, 4.69) is 0 Å². The van der Waals surface area contributed by atoms with E-state index in [1.54, 1.807) is 47.4 Å². The third kappa shape index (κ3) is 6.93. The molecule has 1 N–H and O–H groups in total. The number of hydrogen-bond donors (Lipinski definition) is 1. The third-order valence-electron chi connectivity index (χ3n) is 7.71. The van der Waals surface area contributed by atoms with Crippen molar-refractivity contribution in [1.29, 1.82) is 0 Å². The van der Waals surface area contributed by atoms with Gasteiger partial charge in [-0.1, -0.05) is 12.1 Å². The topological polar surface area (TPSA) is 136 Å². The van der Waals surface area contributed by atoms with E-state index in [0.29, 0.717) is 35.4 Å². The van der Waals surface area contributed by atoms with Crippen LogP contribution in [0, 0.1) is 0 Å². The SMILES string of the molecule is COc1ccc(S(=O)(=O)N(CCO)CCO[C@@H]2C[C@H](c3coc4ccccc4c3=O)C=C(C(=O)N3CCCCC3)O2)cc1. The number of rotatable bonds is 11. The number of ether oxygens (including phenoxy) is 3. The van der Waals surface area contributed by atoms with Crippen LogP contribution in [0.25, 0.3) is 11.0 Å². The lowest BCUT2D eigenvalue weighted by Gasteiger charge is -2.33. The molecule has 0 spiro atoms. The zero-order valence-electron chi connectivity index (χ0n) is 24.0. The van der Waals surface area contributed by atoms with E-state index in [-0.39, 0.29) is 54.7 Å². The van der Waals surface area contributed by atoms with E-state index in [1.807, 2.05) is 0 Å². The molecule has 1 amide bonds. The molecule has 3 heterocycles. The first-order chi connectivity index (χ1) is 20.8. The lowest BCUT2D eigenvalue weighted by atomic mass is 9.93. The minimum Gasteiger partial charge on any atom is -0.497 e. The minimum atomic E-state index is -3.94. The number of piperidine rings is 1. The van der Waals surface area contributed by atoms with Gasteiger partial charge in [-0.15, -0.1) is 0 Å². The Bertz CT molecular complexity index is 1610. The van der Waals surface area contributed by atoms with E-state index in [9.17, 15) is 23.1 Å². The van der Waals surface area contributed by atoms with Gasteiger partial charge in [0.15, 0.2) is 11.2 Å². The van der Waals surface area contributed by atoms with Gasteiger partial charge in [0.1, 0.15) is 11.3 Å². The van der Waals surface area contributed by atoms with Gasteiger partial charge in [-0.25, -0.2) is 8.42 Å². The molecule has 0 unspecified atom stereocenters. The molecule has 0 bridgehead atoms. The molecule has 1 saturated heterocycles. The van der Waals surface area contributed by atoms with E-state index >= 15 is 0 Å². The van der Waals surface area contributed by atoms with Crippen molar-refractivity contribution >= 4 is 26.9 Å². The molecule has 2 atom stereocenters. The van der Waals surface area contributed by atoms with Crippen LogP contribution in [0.5, 0.6) is 5.75 Å². The Kier molecular flexibility index (Phi) is 9.81. The Morgan fingerprint density at radius 1 is 1.07 bits per heavy atom. The summed E-state index contributed by atoms with van der Waals surface area (Å²) in [6, 6.07) is 12.9. The van der Waals surface area contributed by atoms with Crippen molar-refractivity contribution in [3.63, 3.8) is 0 Å². The molecule has 3 aromatic rings. The average molecular weight is 613 g/mol. The summed E-state index contributed by atoms with van der Waals surface area (Å²) in [5.74, 6) is -0.190. The Labute approximate surface area is 250 Å². The molecule has 0 saturated carbocycles. The van der Waals surface area contributed by atoms with Crippen LogP contribution in [0.15, 0.2) is 80.7 Å². The van der Waals surface area contributed by atoms with Gasteiger partial charge in [0.05, 0.1) is 36.9 Å². The maximum Gasteiger partial charge on any atom is 0.288 e. The number of methoxy groups -OCH3 is 1. The number of sulfonamides is 1. The Balaban J connectivity index is 1.35. The quantitative estimate of drug-likeness (QED) is 0.346. The van der Waals surface area contributed by atoms with Crippen molar-refractivity contribution in [1.82, 2.24) is 9.21 Å². The van der Waals surface area contributed by atoms with Gasteiger partial charge in [-0.3, -0.25) is 9.59 Å². The molecular formula is C31H36N2O9S. The summed E-state index contributed by atoms with van der Waals surface area (Å²) in [6.07, 6.45) is 5.22.